The minimum Gasteiger partial charge on any atom is -0.506 e. The summed E-state index contributed by atoms with van der Waals surface area (Å²) in [5.74, 6) is -0.160. The Bertz CT molecular complexity index is 1360. The van der Waals surface area contributed by atoms with Crippen LogP contribution < -0.4 is 5.32 Å². The van der Waals surface area contributed by atoms with E-state index in [1.54, 1.807) is 12.3 Å². The van der Waals surface area contributed by atoms with Gasteiger partial charge in [-0.3, -0.25) is 9.88 Å². The molecule has 0 bridgehead atoms. The Balaban J connectivity index is 1.49. The van der Waals surface area contributed by atoms with Crippen molar-refractivity contribution in [2.24, 2.45) is 0 Å². The molecule has 0 amide bonds. The predicted octanol–water partition coefficient (Wildman–Crippen LogP) is 7.87. The van der Waals surface area contributed by atoms with Crippen LogP contribution in [0, 0.1) is 0 Å². The lowest BCUT2D eigenvalue weighted by molar-refractivity contribution is -0.147. The minimum atomic E-state index is -4.19. The first kappa shape index (κ1) is 26.6. The Morgan fingerprint density at radius 1 is 0.895 bits per heavy atom. The number of hydrogen-bond acceptors (Lipinski definition) is 4. The molecule has 4 aromatic rings. The third-order valence-electron chi connectivity index (χ3n) is 6.94. The van der Waals surface area contributed by atoms with Gasteiger partial charge in [0.1, 0.15) is 11.3 Å². The van der Waals surface area contributed by atoms with Gasteiger partial charge in [0.2, 0.25) is 0 Å². The van der Waals surface area contributed by atoms with E-state index in [2.05, 4.69) is 10.3 Å². The molecule has 0 atom stereocenters. The number of nitrogens with one attached hydrogen (secondary N) is 1. The summed E-state index contributed by atoms with van der Waals surface area (Å²) in [4.78, 5) is 5.84. The Kier molecular flexibility index (Phi) is 7.70. The fourth-order valence-corrected chi connectivity index (χ4v) is 5.40. The molecule has 9 heteroatoms. The number of piperidine rings is 1. The molecule has 0 saturated carbocycles. The van der Waals surface area contributed by atoms with Crippen molar-refractivity contribution in [3.05, 3.63) is 99.7 Å². The van der Waals surface area contributed by atoms with Gasteiger partial charge in [0.25, 0.3) is 0 Å². The number of phenolic OH excluding ortho intramolecular Hbond substituents is 1. The lowest BCUT2D eigenvalue weighted by Gasteiger charge is -2.33. The van der Waals surface area contributed by atoms with Gasteiger partial charge in [-0.2, -0.15) is 13.2 Å². The van der Waals surface area contributed by atoms with Crippen LogP contribution in [0.4, 0.5) is 18.9 Å². The molecule has 2 heterocycles. The summed E-state index contributed by atoms with van der Waals surface area (Å²) >= 11 is 12.3. The second kappa shape index (κ2) is 11.0. The highest BCUT2D eigenvalue weighted by Crippen LogP contribution is 2.39. The molecule has 1 saturated heterocycles. The first-order chi connectivity index (χ1) is 18.2. The zero-order valence-corrected chi connectivity index (χ0v) is 21.9. The van der Waals surface area contributed by atoms with Crippen molar-refractivity contribution in [1.82, 2.24) is 9.88 Å². The predicted molar refractivity (Wildman–Crippen MR) is 146 cm³/mol. The summed E-state index contributed by atoms with van der Waals surface area (Å²) in [5, 5.41) is 16.5. The van der Waals surface area contributed by atoms with Crippen molar-refractivity contribution in [2.45, 2.75) is 31.0 Å². The summed E-state index contributed by atoms with van der Waals surface area (Å²) in [6.45, 7) is -0.149. The van der Waals surface area contributed by atoms with Gasteiger partial charge in [-0.15, -0.1) is 0 Å². The number of rotatable bonds is 6. The van der Waals surface area contributed by atoms with Gasteiger partial charge in [0.05, 0.1) is 6.54 Å². The maximum atomic E-state index is 12.8. The molecular weight excluding hydrogens is 534 g/mol. The number of benzene rings is 3. The second-order valence-electron chi connectivity index (χ2n) is 9.64. The van der Waals surface area contributed by atoms with Crippen molar-refractivity contribution < 1.29 is 18.3 Å². The molecule has 1 aliphatic heterocycles. The van der Waals surface area contributed by atoms with E-state index in [0.717, 1.165) is 27.8 Å². The number of hydrogen-bond donors (Lipinski definition) is 2. The minimum absolute atomic E-state index is 0.0132. The molecule has 3 aromatic carbocycles. The molecule has 1 fully saturated rings. The monoisotopic (exact) mass is 559 g/mol. The van der Waals surface area contributed by atoms with E-state index in [0.29, 0.717) is 41.5 Å². The highest BCUT2D eigenvalue weighted by atomic mass is 35.5. The van der Waals surface area contributed by atoms with Crippen molar-refractivity contribution in [1.29, 1.82) is 0 Å². The topological polar surface area (TPSA) is 48.4 Å². The molecule has 38 heavy (non-hydrogen) atoms. The van der Waals surface area contributed by atoms with E-state index in [1.807, 2.05) is 60.7 Å². The van der Waals surface area contributed by atoms with Crippen LogP contribution >= 0.6 is 23.2 Å². The first-order valence-corrected chi connectivity index (χ1v) is 13.1. The van der Waals surface area contributed by atoms with Crippen LogP contribution in [0.25, 0.3) is 10.9 Å². The van der Waals surface area contributed by atoms with Crippen LogP contribution in [-0.4, -0.2) is 46.8 Å². The number of fused-ring (bicyclic) bond motifs is 1. The number of alkyl halides is 3. The van der Waals surface area contributed by atoms with Gasteiger partial charge in [-0.25, -0.2) is 0 Å². The Labute approximate surface area is 229 Å². The Hall–Kier alpha value is -3.00. The van der Waals surface area contributed by atoms with Gasteiger partial charge in [-0.1, -0.05) is 47.5 Å². The largest absolute Gasteiger partial charge is 0.506 e. The fourth-order valence-electron chi connectivity index (χ4n) is 5.15. The molecule has 0 spiro atoms. The van der Waals surface area contributed by atoms with Crippen LogP contribution in [0.15, 0.2) is 72.9 Å². The Morgan fingerprint density at radius 2 is 1.47 bits per heavy atom. The summed E-state index contributed by atoms with van der Waals surface area (Å²) in [5.41, 5.74) is 4.08. The maximum absolute atomic E-state index is 12.8. The normalized spacial score (nSPS) is 15.3. The molecule has 2 N–H and O–H groups in total. The van der Waals surface area contributed by atoms with Crippen molar-refractivity contribution in [3.8, 4) is 5.75 Å². The van der Waals surface area contributed by atoms with E-state index in [-0.39, 0.29) is 17.7 Å². The zero-order chi connectivity index (χ0) is 26.9. The van der Waals surface area contributed by atoms with Crippen LogP contribution in [0.2, 0.25) is 10.0 Å². The van der Waals surface area contributed by atoms with Crippen LogP contribution in [0.3, 0.4) is 0 Å². The molecular formula is C29H26Cl2F3N3O. The summed E-state index contributed by atoms with van der Waals surface area (Å²) in [7, 11) is 0. The van der Waals surface area contributed by atoms with E-state index in [4.69, 9.17) is 23.2 Å². The number of anilines is 1. The van der Waals surface area contributed by atoms with Crippen molar-refractivity contribution in [2.75, 3.05) is 25.0 Å². The first-order valence-electron chi connectivity index (χ1n) is 12.3. The van der Waals surface area contributed by atoms with E-state index < -0.39 is 12.7 Å². The summed E-state index contributed by atoms with van der Waals surface area (Å²) < 4.78 is 38.3. The molecule has 5 rings (SSSR count). The lowest BCUT2D eigenvalue weighted by atomic mass is 9.84. The number of halogens is 5. The molecule has 0 radical (unpaired) electrons. The maximum Gasteiger partial charge on any atom is 0.401 e. The fraction of sp³-hybridized carbons (Fsp3) is 0.276. The van der Waals surface area contributed by atoms with Gasteiger partial charge in [0, 0.05) is 52.4 Å². The quantitative estimate of drug-likeness (QED) is 0.236. The van der Waals surface area contributed by atoms with Crippen LogP contribution in [0.1, 0.15) is 35.4 Å². The van der Waals surface area contributed by atoms with Crippen molar-refractivity contribution >= 4 is 39.8 Å². The van der Waals surface area contributed by atoms with Gasteiger partial charge < -0.3 is 10.4 Å². The molecule has 1 aliphatic rings. The lowest BCUT2D eigenvalue weighted by Crippen LogP contribution is -2.43. The number of aromatic hydroxyl groups is 1. The highest BCUT2D eigenvalue weighted by molar-refractivity contribution is 6.30. The third kappa shape index (κ3) is 6.17. The zero-order valence-electron chi connectivity index (χ0n) is 20.3. The average molecular weight is 560 g/mol. The van der Waals surface area contributed by atoms with Gasteiger partial charge >= 0.3 is 6.18 Å². The van der Waals surface area contributed by atoms with E-state index >= 15 is 0 Å². The Morgan fingerprint density at radius 3 is 2.03 bits per heavy atom. The SMILES string of the molecule is Oc1cc(C(c2ccc(Cl)cc2)c2ccc(Cl)cc2)cc2c(NC3CCN(CC(F)(F)F)CC3)ccnc12. The number of phenols is 1. The van der Waals surface area contributed by atoms with Gasteiger partial charge in [0.15, 0.2) is 0 Å². The van der Waals surface area contributed by atoms with Crippen LogP contribution in [0.5, 0.6) is 5.75 Å². The molecule has 0 unspecified atom stereocenters. The summed E-state index contributed by atoms with van der Waals surface area (Å²) in [6.07, 6.45) is -1.40. The number of aromatic nitrogens is 1. The second-order valence-corrected chi connectivity index (χ2v) is 10.5. The summed E-state index contributed by atoms with van der Waals surface area (Å²) in [6, 6.07) is 20.8. The molecule has 198 valence electrons. The number of nitrogens with zero attached hydrogens (tertiary/aromatic N) is 2. The van der Waals surface area contributed by atoms with E-state index in [1.165, 1.54) is 4.90 Å². The van der Waals surface area contributed by atoms with Gasteiger partial charge in [-0.05, 0) is 72.0 Å². The van der Waals surface area contributed by atoms with E-state index in [9.17, 15) is 18.3 Å². The molecule has 1 aromatic heterocycles. The highest BCUT2D eigenvalue weighted by Gasteiger charge is 2.32. The smallest absolute Gasteiger partial charge is 0.401 e. The molecule has 0 aliphatic carbocycles. The molecule has 4 nitrogen and oxygen atoms in total. The van der Waals surface area contributed by atoms with Crippen LogP contribution in [-0.2, 0) is 0 Å². The third-order valence-corrected chi connectivity index (χ3v) is 7.44. The number of pyridine rings is 1. The average Bonchev–Trinajstić information content (AvgIpc) is 2.87. The van der Waals surface area contributed by atoms with Crippen molar-refractivity contribution in [3.63, 3.8) is 0 Å². The standard InChI is InChI=1S/C29H26Cl2F3N3O/c30-21-5-1-18(2-6-21)27(19-3-7-22(31)8-4-19)20-15-24-25(9-12-35-28(24)26(38)16-20)36-23-10-13-37(14-11-23)17-29(32,33)34/h1-9,12,15-16,23,27,38H,10-11,13-14,17H2,(H,35,36). The number of likely N-dealkylation sites (tertiary alicyclic amines) is 1.